The van der Waals surface area contributed by atoms with E-state index in [1.807, 2.05) is 0 Å². The van der Waals surface area contributed by atoms with Crippen LogP contribution in [0.4, 0.5) is 0 Å². The molecule has 0 amide bonds. The van der Waals surface area contributed by atoms with Gasteiger partial charge >= 0.3 is 0 Å². The van der Waals surface area contributed by atoms with Crippen LogP contribution in [0.5, 0.6) is 0 Å². The van der Waals surface area contributed by atoms with Crippen LogP contribution in [-0.2, 0) is 7.05 Å². The molecule has 2 aromatic carbocycles. The molecule has 0 unspecified atom stereocenters. The lowest BCUT2D eigenvalue weighted by atomic mass is 9.98. The molecule has 2 heteroatoms. The molecule has 126 valence electrons. The van der Waals surface area contributed by atoms with Gasteiger partial charge in [0.05, 0.1) is 5.56 Å². The van der Waals surface area contributed by atoms with Gasteiger partial charge in [-0.1, -0.05) is 38.1 Å². The van der Waals surface area contributed by atoms with Crippen molar-refractivity contribution in [1.82, 2.24) is 0 Å². The lowest BCUT2D eigenvalue weighted by Gasteiger charge is -2.06. The third-order valence-corrected chi connectivity index (χ3v) is 5.10. The summed E-state index contributed by atoms with van der Waals surface area (Å²) in [5.41, 5.74) is 8.13. The summed E-state index contributed by atoms with van der Waals surface area (Å²) in [4.78, 5) is 0. The van der Waals surface area contributed by atoms with Crippen LogP contribution in [0.3, 0.4) is 0 Å². The highest BCUT2D eigenvalue weighted by molar-refractivity contribution is 6.09. The smallest absolute Gasteiger partial charge is 0.216 e. The Balaban J connectivity index is 2.09. The van der Waals surface area contributed by atoms with Crippen LogP contribution in [0, 0.1) is 13.8 Å². The Morgan fingerprint density at radius 3 is 2.44 bits per heavy atom. The van der Waals surface area contributed by atoms with Crippen molar-refractivity contribution >= 4 is 21.9 Å². The number of hydrogen-bond acceptors (Lipinski definition) is 1. The first kappa shape index (κ1) is 15.9. The van der Waals surface area contributed by atoms with Crippen LogP contribution < -0.4 is 4.57 Å². The lowest BCUT2D eigenvalue weighted by Crippen LogP contribution is -2.30. The summed E-state index contributed by atoms with van der Waals surface area (Å²) in [5.74, 6) is 0.494. The molecule has 0 bridgehead atoms. The molecule has 4 rings (SSSR count). The first-order chi connectivity index (χ1) is 12.0. The Bertz CT molecular complexity index is 1100. The van der Waals surface area contributed by atoms with Gasteiger partial charge in [0, 0.05) is 22.9 Å². The zero-order valence-electron chi connectivity index (χ0n) is 15.6. The quantitative estimate of drug-likeness (QED) is 0.423. The van der Waals surface area contributed by atoms with E-state index in [1.165, 1.54) is 38.7 Å². The van der Waals surface area contributed by atoms with E-state index in [9.17, 15) is 0 Å². The molecule has 0 N–H and O–H groups in total. The maximum atomic E-state index is 6.39. The van der Waals surface area contributed by atoms with Gasteiger partial charge in [-0.15, -0.1) is 0 Å². The number of aryl methyl sites for hydroxylation is 3. The SMILES string of the molecule is Cc1cc[n+](C)c(-c2c(C)ccc3c2oc2cc(C(C)C)ccc23)c1. The van der Waals surface area contributed by atoms with Gasteiger partial charge in [-0.05, 0) is 42.5 Å². The summed E-state index contributed by atoms with van der Waals surface area (Å²) in [7, 11) is 2.09. The number of furan rings is 1. The van der Waals surface area contributed by atoms with E-state index in [4.69, 9.17) is 4.42 Å². The molecule has 0 aliphatic heterocycles. The molecule has 4 aromatic rings. The summed E-state index contributed by atoms with van der Waals surface area (Å²) in [6.07, 6.45) is 2.11. The van der Waals surface area contributed by atoms with Crippen molar-refractivity contribution in [1.29, 1.82) is 0 Å². The maximum Gasteiger partial charge on any atom is 0.216 e. The monoisotopic (exact) mass is 330 g/mol. The van der Waals surface area contributed by atoms with Crippen molar-refractivity contribution in [2.75, 3.05) is 0 Å². The summed E-state index contributed by atoms with van der Waals surface area (Å²) in [6, 6.07) is 15.4. The minimum absolute atomic E-state index is 0.494. The number of pyridine rings is 1. The average Bonchev–Trinajstić information content (AvgIpc) is 2.94. The minimum atomic E-state index is 0.494. The number of benzene rings is 2. The van der Waals surface area contributed by atoms with Gasteiger partial charge in [0.2, 0.25) is 5.69 Å². The zero-order valence-corrected chi connectivity index (χ0v) is 15.6. The van der Waals surface area contributed by atoms with Crippen LogP contribution in [-0.4, -0.2) is 0 Å². The fourth-order valence-corrected chi connectivity index (χ4v) is 3.56. The molecule has 0 spiro atoms. The standard InChI is InChI=1S/C23H24NO/c1-14(2)17-7-9-18-19-8-6-16(4)22(23(19)25-21(18)13-17)20-12-15(3)10-11-24(20)5/h6-14H,1-5H3/q+1. The summed E-state index contributed by atoms with van der Waals surface area (Å²) in [5, 5.41) is 2.38. The van der Waals surface area contributed by atoms with Crippen LogP contribution in [0.15, 0.2) is 53.1 Å². The molecule has 0 fully saturated rings. The highest BCUT2D eigenvalue weighted by atomic mass is 16.3. The molecule has 2 nitrogen and oxygen atoms in total. The average molecular weight is 330 g/mol. The lowest BCUT2D eigenvalue weighted by molar-refractivity contribution is -0.660. The van der Waals surface area contributed by atoms with E-state index < -0.39 is 0 Å². The van der Waals surface area contributed by atoms with Gasteiger partial charge in [-0.25, -0.2) is 4.57 Å². The van der Waals surface area contributed by atoms with E-state index in [2.05, 4.69) is 88.0 Å². The van der Waals surface area contributed by atoms with Crippen LogP contribution >= 0.6 is 0 Å². The Kier molecular flexibility index (Phi) is 3.64. The normalized spacial score (nSPS) is 11.8. The van der Waals surface area contributed by atoms with Gasteiger partial charge in [0.25, 0.3) is 0 Å². The van der Waals surface area contributed by atoms with Gasteiger partial charge in [-0.3, -0.25) is 0 Å². The van der Waals surface area contributed by atoms with Gasteiger partial charge in [0.15, 0.2) is 6.20 Å². The molecule has 2 aromatic heterocycles. The first-order valence-corrected chi connectivity index (χ1v) is 8.88. The largest absolute Gasteiger partial charge is 0.455 e. The topological polar surface area (TPSA) is 17.0 Å². The van der Waals surface area contributed by atoms with Gasteiger partial charge in [-0.2, -0.15) is 0 Å². The maximum absolute atomic E-state index is 6.39. The van der Waals surface area contributed by atoms with Crippen molar-refractivity contribution in [3.05, 3.63) is 65.4 Å². The fraction of sp³-hybridized carbons (Fsp3) is 0.261. The number of fused-ring (bicyclic) bond motifs is 3. The highest BCUT2D eigenvalue weighted by Crippen LogP contribution is 2.37. The number of rotatable bonds is 2. The summed E-state index contributed by atoms with van der Waals surface area (Å²) >= 11 is 0. The van der Waals surface area contributed by atoms with Crippen molar-refractivity contribution < 1.29 is 8.98 Å². The van der Waals surface area contributed by atoms with Crippen LogP contribution in [0.25, 0.3) is 33.2 Å². The molecular weight excluding hydrogens is 306 g/mol. The minimum Gasteiger partial charge on any atom is -0.455 e. The highest BCUT2D eigenvalue weighted by Gasteiger charge is 2.20. The van der Waals surface area contributed by atoms with Crippen molar-refractivity contribution in [3.63, 3.8) is 0 Å². The molecule has 0 atom stereocenters. The molecule has 0 saturated heterocycles. The van der Waals surface area contributed by atoms with E-state index in [0.29, 0.717) is 5.92 Å². The molecule has 0 aliphatic carbocycles. The van der Waals surface area contributed by atoms with E-state index in [-0.39, 0.29) is 0 Å². The molecule has 2 heterocycles. The number of aromatic nitrogens is 1. The van der Waals surface area contributed by atoms with E-state index in [0.717, 1.165) is 11.2 Å². The fourth-order valence-electron chi connectivity index (χ4n) is 3.56. The van der Waals surface area contributed by atoms with Crippen molar-refractivity contribution in [2.24, 2.45) is 7.05 Å². The van der Waals surface area contributed by atoms with Gasteiger partial charge < -0.3 is 4.42 Å². The number of hydrogen-bond donors (Lipinski definition) is 0. The summed E-state index contributed by atoms with van der Waals surface area (Å²) < 4.78 is 8.56. The van der Waals surface area contributed by atoms with Crippen LogP contribution in [0.2, 0.25) is 0 Å². The van der Waals surface area contributed by atoms with Gasteiger partial charge in [0.1, 0.15) is 18.2 Å². The van der Waals surface area contributed by atoms with Crippen molar-refractivity contribution in [2.45, 2.75) is 33.6 Å². The second-order valence-electron chi connectivity index (χ2n) is 7.35. The second-order valence-corrected chi connectivity index (χ2v) is 7.35. The Morgan fingerprint density at radius 2 is 1.68 bits per heavy atom. The third-order valence-electron chi connectivity index (χ3n) is 5.10. The molecule has 25 heavy (non-hydrogen) atoms. The summed E-state index contributed by atoms with van der Waals surface area (Å²) in [6.45, 7) is 8.72. The predicted octanol–water partition coefficient (Wildman–Crippen LogP) is 5.82. The van der Waals surface area contributed by atoms with Crippen molar-refractivity contribution in [3.8, 4) is 11.3 Å². The third kappa shape index (κ3) is 2.53. The molecule has 0 saturated carbocycles. The zero-order chi connectivity index (χ0) is 17.7. The van der Waals surface area contributed by atoms with E-state index >= 15 is 0 Å². The van der Waals surface area contributed by atoms with E-state index in [1.54, 1.807) is 0 Å². The molecule has 0 radical (unpaired) electrons. The first-order valence-electron chi connectivity index (χ1n) is 8.88. The second kappa shape index (κ2) is 5.73. The Morgan fingerprint density at radius 1 is 0.920 bits per heavy atom. The van der Waals surface area contributed by atoms with Crippen LogP contribution in [0.1, 0.15) is 36.5 Å². The number of nitrogens with zero attached hydrogens (tertiary/aromatic N) is 1. The Hall–Kier alpha value is -2.61. The molecular formula is C23H24NO+. The molecule has 0 aliphatic rings. The predicted molar refractivity (Wildman–Crippen MR) is 104 cm³/mol. The Labute approximate surface area is 148 Å².